The van der Waals surface area contributed by atoms with E-state index in [1.54, 1.807) is 28.8 Å². The van der Waals surface area contributed by atoms with Crippen molar-refractivity contribution in [1.29, 1.82) is 0 Å². The average molecular weight is 425 g/mol. The molecule has 1 saturated heterocycles. The van der Waals surface area contributed by atoms with Gasteiger partial charge in [0.15, 0.2) is 0 Å². The number of nitrogens with zero attached hydrogens (tertiary/aromatic N) is 1. The first-order valence-electron chi connectivity index (χ1n) is 10.1. The minimum atomic E-state index is -0.159. The van der Waals surface area contributed by atoms with Crippen LogP contribution in [-0.4, -0.2) is 47.6 Å². The van der Waals surface area contributed by atoms with Gasteiger partial charge in [-0.25, -0.2) is 4.79 Å². The molecule has 2 aromatic rings. The van der Waals surface area contributed by atoms with Crippen LogP contribution in [0.15, 0.2) is 53.4 Å². The van der Waals surface area contributed by atoms with Crippen LogP contribution in [-0.2, 0) is 4.79 Å². The zero-order chi connectivity index (χ0) is 20.9. The van der Waals surface area contributed by atoms with Crippen LogP contribution < -0.4 is 16.0 Å². The Hall–Kier alpha value is -3.00. The number of likely N-dealkylation sites (tertiary alicyclic amines) is 1. The zero-order valence-electron chi connectivity index (χ0n) is 16.5. The van der Waals surface area contributed by atoms with Crippen LogP contribution in [0.3, 0.4) is 0 Å². The first-order chi connectivity index (χ1) is 14.6. The molecule has 4 rings (SSSR count). The van der Waals surface area contributed by atoms with E-state index in [2.05, 4.69) is 16.0 Å². The van der Waals surface area contributed by atoms with Gasteiger partial charge in [0, 0.05) is 47.5 Å². The van der Waals surface area contributed by atoms with Gasteiger partial charge in [-0.3, -0.25) is 9.59 Å². The Morgan fingerprint density at radius 2 is 1.83 bits per heavy atom. The van der Waals surface area contributed by atoms with Crippen molar-refractivity contribution in [3.63, 3.8) is 0 Å². The van der Waals surface area contributed by atoms with E-state index in [0.29, 0.717) is 43.6 Å². The van der Waals surface area contributed by atoms with E-state index in [0.717, 1.165) is 16.3 Å². The quantitative estimate of drug-likeness (QED) is 0.703. The molecule has 8 heteroatoms. The molecule has 2 aliphatic heterocycles. The third-order valence-electron chi connectivity index (χ3n) is 5.24. The van der Waals surface area contributed by atoms with Gasteiger partial charge >= 0.3 is 6.03 Å². The second-order valence-corrected chi connectivity index (χ2v) is 8.53. The van der Waals surface area contributed by atoms with Crippen LogP contribution in [0.5, 0.6) is 0 Å². The zero-order valence-corrected chi connectivity index (χ0v) is 17.3. The molecule has 2 aliphatic rings. The fourth-order valence-electron chi connectivity index (χ4n) is 3.58. The Morgan fingerprint density at radius 3 is 2.60 bits per heavy atom. The molecule has 7 nitrogen and oxygen atoms in total. The third-order valence-corrected chi connectivity index (χ3v) is 6.32. The number of fused-ring (bicyclic) bond motifs is 1. The smallest absolute Gasteiger partial charge is 0.321 e. The lowest BCUT2D eigenvalue weighted by atomic mass is 10.0. The molecule has 0 aromatic heterocycles. The van der Waals surface area contributed by atoms with Crippen LogP contribution in [0.1, 0.15) is 29.6 Å². The summed E-state index contributed by atoms with van der Waals surface area (Å²) in [5.74, 6) is 0.550. The van der Waals surface area contributed by atoms with Crippen LogP contribution in [0.4, 0.5) is 16.2 Å². The highest BCUT2D eigenvalue weighted by molar-refractivity contribution is 7.99. The summed E-state index contributed by atoms with van der Waals surface area (Å²) in [6.45, 7) is 1.17. The van der Waals surface area contributed by atoms with E-state index in [1.807, 2.05) is 36.4 Å². The number of anilines is 2. The van der Waals surface area contributed by atoms with Gasteiger partial charge in [0.2, 0.25) is 5.91 Å². The SMILES string of the molecule is O=C1CCSc2ccc(C(=O)NC3CCN(C(=O)Nc4ccccc4)CC3)cc2N1. The van der Waals surface area contributed by atoms with Gasteiger partial charge in [-0.05, 0) is 43.2 Å². The van der Waals surface area contributed by atoms with Crippen LogP contribution in [0.2, 0.25) is 0 Å². The number of hydrogen-bond acceptors (Lipinski definition) is 4. The summed E-state index contributed by atoms with van der Waals surface area (Å²) < 4.78 is 0. The van der Waals surface area contributed by atoms with Gasteiger partial charge in [0.05, 0.1) is 5.69 Å². The lowest BCUT2D eigenvalue weighted by Crippen LogP contribution is -2.47. The molecular formula is C22H24N4O3S. The van der Waals surface area contributed by atoms with Gasteiger partial charge in [-0.15, -0.1) is 11.8 Å². The number of thioether (sulfide) groups is 1. The molecule has 30 heavy (non-hydrogen) atoms. The minimum absolute atomic E-state index is 0.0149. The van der Waals surface area contributed by atoms with Crippen molar-refractivity contribution < 1.29 is 14.4 Å². The Bertz CT molecular complexity index is 943. The highest BCUT2D eigenvalue weighted by Crippen LogP contribution is 2.31. The van der Waals surface area contributed by atoms with Crippen LogP contribution in [0, 0.1) is 0 Å². The van der Waals surface area contributed by atoms with Crippen molar-refractivity contribution in [2.75, 3.05) is 29.5 Å². The molecule has 0 spiro atoms. The number of carbonyl (C=O) groups excluding carboxylic acids is 3. The lowest BCUT2D eigenvalue weighted by Gasteiger charge is -2.32. The molecule has 2 heterocycles. The molecule has 0 bridgehead atoms. The number of carbonyl (C=O) groups is 3. The van der Waals surface area contributed by atoms with E-state index < -0.39 is 0 Å². The van der Waals surface area contributed by atoms with Crippen LogP contribution >= 0.6 is 11.8 Å². The van der Waals surface area contributed by atoms with E-state index in [9.17, 15) is 14.4 Å². The Kier molecular flexibility index (Phi) is 6.23. The molecule has 1 fully saturated rings. The topological polar surface area (TPSA) is 90.5 Å². The molecule has 0 atom stereocenters. The Balaban J connectivity index is 1.30. The molecule has 3 N–H and O–H groups in total. The van der Waals surface area contributed by atoms with Crippen molar-refractivity contribution in [2.45, 2.75) is 30.2 Å². The third kappa shape index (κ3) is 4.94. The van der Waals surface area contributed by atoms with Gasteiger partial charge in [-0.2, -0.15) is 0 Å². The van der Waals surface area contributed by atoms with Crippen molar-refractivity contribution in [2.24, 2.45) is 0 Å². The van der Waals surface area contributed by atoms with E-state index in [1.165, 1.54) is 0 Å². The van der Waals surface area contributed by atoms with Gasteiger partial charge < -0.3 is 20.9 Å². The molecule has 0 radical (unpaired) electrons. The molecule has 0 unspecified atom stereocenters. The summed E-state index contributed by atoms with van der Waals surface area (Å²) in [6, 6.07) is 14.7. The predicted molar refractivity (Wildman–Crippen MR) is 118 cm³/mol. The van der Waals surface area contributed by atoms with Crippen LogP contribution in [0.25, 0.3) is 0 Å². The first kappa shape index (κ1) is 20.3. The van der Waals surface area contributed by atoms with Crippen molar-refractivity contribution in [3.05, 3.63) is 54.1 Å². The number of benzene rings is 2. The summed E-state index contributed by atoms with van der Waals surface area (Å²) in [7, 11) is 0. The number of amides is 4. The van der Waals surface area contributed by atoms with E-state index in [-0.39, 0.29) is 23.9 Å². The number of rotatable bonds is 3. The summed E-state index contributed by atoms with van der Waals surface area (Å²) in [5, 5.41) is 8.82. The van der Waals surface area contributed by atoms with Crippen molar-refractivity contribution in [3.8, 4) is 0 Å². The standard InChI is InChI=1S/C22H24N4O3S/c27-20-10-13-30-19-7-6-15(14-18(19)25-20)21(28)23-17-8-11-26(12-9-17)22(29)24-16-4-2-1-3-5-16/h1-7,14,17H,8-13H2,(H,23,28)(H,24,29)(H,25,27). The molecule has 2 aromatic carbocycles. The lowest BCUT2D eigenvalue weighted by molar-refractivity contribution is -0.115. The summed E-state index contributed by atoms with van der Waals surface area (Å²) in [5.41, 5.74) is 2.00. The first-order valence-corrected chi connectivity index (χ1v) is 11.1. The molecule has 156 valence electrons. The number of nitrogens with one attached hydrogen (secondary N) is 3. The Morgan fingerprint density at radius 1 is 1.07 bits per heavy atom. The second kappa shape index (κ2) is 9.21. The second-order valence-electron chi connectivity index (χ2n) is 7.39. The minimum Gasteiger partial charge on any atom is -0.349 e. The van der Waals surface area contributed by atoms with E-state index in [4.69, 9.17) is 0 Å². The molecule has 4 amide bonds. The molecular weight excluding hydrogens is 400 g/mol. The number of piperidine rings is 1. The fraction of sp³-hybridized carbons (Fsp3) is 0.318. The maximum atomic E-state index is 12.7. The average Bonchev–Trinajstić information content (AvgIpc) is 2.94. The van der Waals surface area contributed by atoms with E-state index >= 15 is 0 Å². The highest BCUT2D eigenvalue weighted by atomic mass is 32.2. The molecule has 0 saturated carbocycles. The maximum Gasteiger partial charge on any atom is 0.321 e. The fourth-order valence-corrected chi connectivity index (χ4v) is 4.52. The summed E-state index contributed by atoms with van der Waals surface area (Å²) >= 11 is 1.61. The Labute approximate surface area is 179 Å². The summed E-state index contributed by atoms with van der Waals surface area (Å²) in [4.78, 5) is 39.6. The largest absolute Gasteiger partial charge is 0.349 e. The van der Waals surface area contributed by atoms with Gasteiger partial charge in [0.25, 0.3) is 5.91 Å². The summed E-state index contributed by atoms with van der Waals surface area (Å²) in [6.07, 6.45) is 1.87. The van der Waals surface area contributed by atoms with Gasteiger partial charge in [-0.1, -0.05) is 18.2 Å². The maximum absolute atomic E-state index is 12.7. The number of para-hydroxylation sites is 1. The normalized spacial score (nSPS) is 16.8. The number of urea groups is 1. The number of hydrogen-bond donors (Lipinski definition) is 3. The highest BCUT2D eigenvalue weighted by Gasteiger charge is 2.24. The predicted octanol–water partition coefficient (Wildman–Crippen LogP) is 3.55. The van der Waals surface area contributed by atoms with Crippen molar-refractivity contribution in [1.82, 2.24) is 10.2 Å². The monoisotopic (exact) mass is 424 g/mol. The molecule has 0 aliphatic carbocycles. The van der Waals surface area contributed by atoms with Gasteiger partial charge in [0.1, 0.15) is 0 Å². The van der Waals surface area contributed by atoms with Crippen molar-refractivity contribution >= 4 is 41.0 Å².